The third-order valence-corrected chi connectivity index (χ3v) is 8.68. The zero-order valence-electron chi connectivity index (χ0n) is 15.5. The molecular weight excluding hydrogens is 419 g/mol. The number of halogens is 1. The number of hydrogen-bond donors (Lipinski definition) is 0. The highest BCUT2D eigenvalue weighted by Crippen LogP contribution is 2.27. The van der Waals surface area contributed by atoms with Gasteiger partial charge in [-0.2, -0.15) is 8.61 Å². The largest absolute Gasteiger partial charge is 0.369 e. The van der Waals surface area contributed by atoms with Crippen LogP contribution in [-0.4, -0.2) is 63.8 Å². The van der Waals surface area contributed by atoms with Crippen LogP contribution in [0.3, 0.4) is 0 Å². The maximum atomic E-state index is 13.1. The summed E-state index contributed by atoms with van der Waals surface area (Å²) in [6.45, 7) is 0.355. The fraction of sp³-hybridized carbons (Fsp3) is 0.368. The highest BCUT2D eigenvalue weighted by molar-refractivity contribution is 7.89. The summed E-state index contributed by atoms with van der Waals surface area (Å²) in [5.74, 6) is -0.662. The molecule has 7 nitrogen and oxygen atoms in total. The van der Waals surface area contributed by atoms with Gasteiger partial charge in [-0.15, -0.1) is 0 Å². The van der Waals surface area contributed by atoms with E-state index >= 15 is 0 Å². The second kappa shape index (κ2) is 7.77. The smallest absolute Gasteiger partial charge is 0.243 e. The number of benzene rings is 2. The molecule has 0 radical (unpaired) electrons. The Hall–Kier alpha value is -1.85. The normalized spacial score (nSPS) is 23.8. The van der Waals surface area contributed by atoms with Crippen LogP contribution in [0, 0.1) is 5.82 Å². The van der Waals surface area contributed by atoms with Gasteiger partial charge in [0.05, 0.1) is 22.9 Å². The van der Waals surface area contributed by atoms with Gasteiger partial charge in [0, 0.05) is 26.2 Å². The Morgan fingerprint density at radius 3 is 1.97 bits per heavy atom. The SMILES string of the molecule is O=S(=O)(Cc1ccc(F)cc1)N1C[C@@H]2CN(S(=O)(=O)c3ccccc3)C[C@H](C1)O2. The molecule has 2 aromatic rings. The Kier molecular flexibility index (Phi) is 5.47. The van der Waals surface area contributed by atoms with Crippen LogP contribution in [0.15, 0.2) is 59.5 Å². The molecule has 29 heavy (non-hydrogen) atoms. The molecule has 156 valence electrons. The molecule has 10 heteroatoms. The van der Waals surface area contributed by atoms with Gasteiger partial charge < -0.3 is 4.74 Å². The molecule has 2 aromatic carbocycles. The Morgan fingerprint density at radius 1 is 0.828 bits per heavy atom. The Bertz CT molecular complexity index is 1060. The molecule has 4 rings (SSSR count). The minimum atomic E-state index is -3.66. The Labute approximate surface area is 169 Å². The van der Waals surface area contributed by atoms with Gasteiger partial charge in [0.2, 0.25) is 20.0 Å². The molecular formula is C19H21FN2O5S2. The topological polar surface area (TPSA) is 84.0 Å². The second-order valence-corrected chi connectivity index (χ2v) is 11.1. The molecule has 0 aromatic heterocycles. The lowest BCUT2D eigenvalue weighted by Gasteiger charge is -2.44. The molecule has 0 spiro atoms. The molecule has 2 aliphatic rings. The lowest BCUT2D eigenvalue weighted by molar-refractivity contribution is -0.104. The van der Waals surface area contributed by atoms with E-state index in [1.54, 1.807) is 30.3 Å². The third kappa shape index (κ3) is 4.36. The number of fused-ring (bicyclic) bond motifs is 2. The standard InChI is InChI=1S/C19H21FN2O5S2/c20-16-8-6-15(7-9-16)14-28(23,24)21-10-17-12-22(13-18(11-21)27-17)29(25,26)19-4-2-1-3-5-19/h1-9,17-18H,10-14H2/t17-,18+. The number of nitrogens with zero attached hydrogens (tertiary/aromatic N) is 2. The van der Waals surface area contributed by atoms with Crippen LogP contribution < -0.4 is 0 Å². The molecule has 0 amide bonds. The van der Waals surface area contributed by atoms with E-state index in [0.717, 1.165) is 0 Å². The molecule has 0 aliphatic carbocycles. The van der Waals surface area contributed by atoms with Gasteiger partial charge in [-0.05, 0) is 29.8 Å². The van der Waals surface area contributed by atoms with Gasteiger partial charge in [-0.1, -0.05) is 30.3 Å². The van der Waals surface area contributed by atoms with Crippen molar-refractivity contribution in [1.29, 1.82) is 0 Å². The van der Waals surface area contributed by atoms with Crippen LogP contribution in [0.25, 0.3) is 0 Å². The van der Waals surface area contributed by atoms with Crippen molar-refractivity contribution in [3.63, 3.8) is 0 Å². The van der Waals surface area contributed by atoms with Crippen LogP contribution in [0.2, 0.25) is 0 Å². The van der Waals surface area contributed by atoms with E-state index in [2.05, 4.69) is 0 Å². The van der Waals surface area contributed by atoms with Crippen molar-refractivity contribution in [3.05, 3.63) is 66.0 Å². The molecule has 0 N–H and O–H groups in total. The zero-order chi connectivity index (χ0) is 20.6. The summed E-state index contributed by atoms with van der Waals surface area (Å²) in [4.78, 5) is 0.209. The highest BCUT2D eigenvalue weighted by atomic mass is 32.2. The van der Waals surface area contributed by atoms with E-state index in [0.29, 0.717) is 5.56 Å². The lowest BCUT2D eigenvalue weighted by atomic mass is 10.2. The first-order chi connectivity index (χ1) is 13.7. The van der Waals surface area contributed by atoms with Crippen molar-refractivity contribution in [2.75, 3.05) is 26.2 Å². The van der Waals surface area contributed by atoms with Crippen molar-refractivity contribution in [2.24, 2.45) is 0 Å². The lowest BCUT2D eigenvalue weighted by Crippen LogP contribution is -2.61. The van der Waals surface area contributed by atoms with Gasteiger partial charge in [-0.25, -0.2) is 21.2 Å². The minimum absolute atomic E-state index is 0.0842. The summed E-state index contributed by atoms with van der Waals surface area (Å²) in [5, 5.41) is 0. The van der Waals surface area contributed by atoms with Gasteiger partial charge in [0.15, 0.2) is 0 Å². The first-order valence-corrected chi connectivity index (χ1v) is 12.2. The second-order valence-electron chi connectivity index (χ2n) is 7.21. The summed E-state index contributed by atoms with van der Waals surface area (Å²) in [5.41, 5.74) is 0.497. The molecule has 2 heterocycles. The van der Waals surface area contributed by atoms with Gasteiger partial charge >= 0.3 is 0 Å². The predicted molar refractivity (Wildman–Crippen MR) is 104 cm³/mol. The van der Waals surface area contributed by atoms with E-state index in [1.807, 2.05) is 0 Å². The first-order valence-electron chi connectivity index (χ1n) is 9.17. The molecule has 2 bridgehead atoms. The molecule has 2 saturated heterocycles. The van der Waals surface area contributed by atoms with Crippen LogP contribution in [-0.2, 0) is 30.5 Å². The van der Waals surface area contributed by atoms with Crippen molar-refractivity contribution < 1.29 is 26.0 Å². The van der Waals surface area contributed by atoms with Crippen molar-refractivity contribution >= 4 is 20.0 Å². The average molecular weight is 441 g/mol. The van der Waals surface area contributed by atoms with Gasteiger partial charge in [0.25, 0.3) is 0 Å². The molecule has 2 atom stereocenters. The van der Waals surface area contributed by atoms with Crippen molar-refractivity contribution in [2.45, 2.75) is 22.9 Å². The summed E-state index contributed by atoms with van der Waals surface area (Å²) in [6, 6.07) is 13.5. The van der Waals surface area contributed by atoms with E-state index in [4.69, 9.17) is 4.74 Å². The fourth-order valence-electron chi connectivity index (χ4n) is 3.66. The molecule has 0 saturated carbocycles. The zero-order valence-corrected chi connectivity index (χ0v) is 17.1. The number of hydrogen-bond acceptors (Lipinski definition) is 5. The quantitative estimate of drug-likeness (QED) is 0.702. The highest BCUT2D eigenvalue weighted by Gasteiger charge is 2.42. The molecule has 0 unspecified atom stereocenters. The van der Waals surface area contributed by atoms with Crippen LogP contribution in [0.5, 0.6) is 0 Å². The van der Waals surface area contributed by atoms with E-state index in [1.165, 1.54) is 32.9 Å². The average Bonchev–Trinajstić information content (AvgIpc) is 2.69. The maximum absolute atomic E-state index is 13.1. The molecule has 2 aliphatic heterocycles. The predicted octanol–water partition coefficient (Wildman–Crippen LogP) is 1.43. The summed E-state index contributed by atoms with van der Waals surface area (Å²) in [7, 11) is -7.29. The number of morpholine rings is 2. The number of sulfonamides is 2. The van der Waals surface area contributed by atoms with Crippen LogP contribution >= 0.6 is 0 Å². The molecule has 2 fully saturated rings. The van der Waals surface area contributed by atoms with Crippen molar-refractivity contribution in [1.82, 2.24) is 8.61 Å². The van der Waals surface area contributed by atoms with E-state index in [9.17, 15) is 21.2 Å². The summed E-state index contributed by atoms with van der Waals surface area (Å²) in [6.07, 6.45) is -1.08. The van der Waals surface area contributed by atoms with Crippen molar-refractivity contribution in [3.8, 4) is 0 Å². The monoisotopic (exact) mass is 440 g/mol. The Morgan fingerprint density at radius 2 is 1.38 bits per heavy atom. The summed E-state index contributed by atoms with van der Waals surface area (Å²) >= 11 is 0. The number of ether oxygens (including phenoxy) is 1. The van der Waals surface area contributed by atoms with Crippen LogP contribution in [0.4, 0.5) is 4.39 Å². The Balaban J connectivity index is 1.47. The van der Waals surface area contributed by atoms with Gasteiger partial charge in [0.1, 0.15) is 5.82 Å². The first kappa shape index (κ1) is 20.4. The fourth-order valence-corrected chi connectivity index (χ4v) is 6.77. The van der Waals surface area contributed by atoms with E-state index < -0.39 is 38.1 Å². The van der Waals surface area contributed by atoms with E-state index in [-0.39, 0.29) is 36.8 Å². The van der Waals surface area contributed by atoms with Crippen LogP contribution in [0.1, 0.15) is 5.56 Å². The minimum Gasteiger partial charge on any atom is -0.369 e. The third-order valence-electron chi connectivity index (χ3n) is 5.05. The van der Waals surface area contributed by atoms with Gasteiger partial charge in [-0.3, -0.25) is 0 Å². The number of rotatable bonds is 5. The summed E-state index contributed by atoms with van der Waals surface area (Å²) < 4.78 is 73.0. The maximum Gasteiger partial charge on any atom is 0.243 e.